The van der Waals surface area contributed by atoms with Crippen LogP contribution in [0.5, 0.6) is 0 Å². The van der Waals surface area contributed by atoms with Crippen LogP contribution in [-0.4, -0.2) is 70.0 Å². The molecule has 0 spiro atoms. The fraction of sp³-hybridized carbons (Fsp3) is 1.00. The van der Waals surface area contributed by atoms with Crippen LogP contribution in [0, 0.1) is 0 Å². The summed E-state index contributed by atoms with van der Waals surface area (Å²) in [5.41, 5.74) is -0.642. The molecule has 0 aromatic heterocycles. The average Bonchev–Trinajstić information content (AvgIpc) is 2.37. The van der Waals surface area contributed by atoms with Crippen LogP contribution in [0.2, 0.25) is 0 Å². The molecule has 1 saturated heterocycles. The van der Waals surface area contributed by atoms with Crippen LogP contribution < -0.4 is 0 Å². The molecule has 0 radical (unpaired) electrons. The summed E-state index contributed by atoms with van der Waals surface area (Å²) in [6, 6.07) is 0.967. The maximum absolute atomic E-state index is 10.1. The lowest BCUT2D eigenvalue weighted by Gasteiger charge is -2.48. The van der Waals surface area contributed by atoms with E-state index in [9.17, 15) is 10.2 Å². The minimum absolute atomic E-state index is 0.220. The van der Waals surface area contributed by atoms with Crippen LogP contribution in [0.1, 0.15) is 53.9 Å². The molecule has 120 valence electrons. The van der Waals surface area contributed by atoms with Gasteiger partial charge in [0.05, 0.1) is 11.7 Å². The lowest BCUT2D eigenvalue weighted by atomic mass is 9.99. The minimum Gasteiger partial charge on any atom is -0.392 e. The van der Waals surface area contributed by atoms with Crippen molar-refractivity contribution in [3.05, 3.63) is 0 Å². The quantitative estimate of drug-likeness (QED) is 0.748. The second-order valence-corrected chi connectivity index (χ2v) is 6.88. The summed E-state index contributed by atoms with van der Waals surface area (Å²) in [6.45, 7) is 13.7. The van der Waals surface area contributed by atoms with E-state index in [1.807, 2.05) is 20.8 Å². The van der Waals surface area contributed by atoms with Crippen LogP contribution in [0.25, 0.3) is 0 Å². The summed E-state index contributed by atoms with van der Waals surface area (Å²) in [5, 5.41) is 20.0. The molecule has 0 amide bonds. The molecule has 1 heterocycles. The van der Waals surface area contributed by atoms with Crippen LogP contribution in [-0.2, 0) is 0 Å². The van der Waals surface area contributed by atoms with Crippen LogP contribution >= 0.6 is 0 Å². The Hall–Kier alpha value is -0.160. The maximum atomic E-state index is 10.1. The SMILES string of the molecule is CCC1CN(CC(C)(C)O)C(CC)CN1C[C@@H](O)CC. The van der Waals surface area contributed by atoms with Crippen LogP contribution in [0.4, 0.5) is 0 Å². The Morgan fingerprint density at radius 2 is 1.55 bits per heavy atom. The smallest absolute Gasteiger partial charge is 0.0718 e. The van der Waals surface area contributed by atoms with Crippen molar-refractivity contribution < 1.29 is 10.2 Å². The van der Waals surface area contributed by atoms with Crippen molar-refractivity contribution in [1.82, 2.24) is 9.80 Å². The lowest BCUT2D eigenvalue weighted by Crippen LogP contribution is -2.61. The largest absolute Gasteiger partial charge is 0.392 e. The van der Waals surface area contributed by atoms with Crippen molar-refractivity contribution in [2.75, 3.05) is 26.2 Å². The number of piperazine rings is 1. The summed E-state index contributed by atoms with van der Waals surface area (Å²) >= 11 is 0. The van der Waals surface area contributed by atoms with Gasteiger partial charge in [-0.3, -0.25) is 9.80 Å². The third-order valence-electron chi connectivity index (χ3n) is 4.37. The van der Waals surface area contributed by atoms with Gasteiger partial charge in [0.1, 0.15) is 0 Å². The molecule has 0 saturated carbocycles. The molecule has 1 fully saturated rings. The van der Waals surface area contributed by atoms with Gasteiger partial charge in [0.2, 0.25) is 0 Å². The minimum atomic E-state index is -0.642. The Morgan fingerprint density at radius 1 is 1.05 bits per heavy atom. The predicted molar refractivity (Wildman–Crippen MR) is 83.9 cm³/mol. The first-order valence-corrected chi connectivity index (χ1v) is 8.19. The molecule has 1 aliphatic heterocycles. The highest BCUT2D eigenvalue weighted by Gasteiger charge is 2.34. The third-order valence-corrected chi connectivity index (χ3v) is 4.37. The van der Waals surface area contributed by atoms with Crippen molar-refractivity contribution in [1.29, 1.82) is 0 Å². The van der Waals surface area contributed by atoms with Gasteiger partial charge in [-0.15, -0.1) is 0 Å². The standard InChI is InChI=1S/C16H34N2O2/c1-6-13-10-18(12-16(4,5)20)14(7-2)9-17(13)11-15(19)8-3/h13-15,19-20H,6-12H2,1-5H3/t13?,14?,15-/m0/s1. The molecule has 4 heteroatoms. The fourth-order valence-electron chi connectivity index (χ4n) is 3.16. The van der Waals surface area contributed by atoms with E-state index in [2.05, 4.69) is 23.6 Å². The average molecular weight is 286 g/mol. The Morgan fingerprint density at radius 3 is 2.00 bits per heavy atom. The van der Waals surface area contributed by atoms with Crippen molar-refractivity contribution >= 4 is 0 Å². The first-order chi connectivity index (χ1) is 9.30. The number of hydrogen-bond donors (Lipinski definition) is 2. The van der Waals surface area contributed by atoms with Crippen LogP contribution in [0.3, 0.4) is 0 Å². The summed E-state index contributed by atoms with van der Waals surface area (Å²) in [5.74, 6) is 0. The second kappa shape index (κ2) is 7.74. The number of β-amino-alcohol motifs (C(OH)–C–C–N with tert-alkyl or cyclic N) is 2. The summed E-state index contributed by atoms with van der Waals surface area (Å²) < 4.78 is 0. The van der Waals surface area contributed by atoms with E-state index in [0.717, 1.165) is 45.4 Å². The molecular weight excluding hydrogens is 252 g/mol. The summed E-state index contributed by atoms with van der Waals surface area (Å²) in [4.78, 5) is 4.88. The van der Waals surface area contributed by atoms with Gasteiger partial charge in [-0.2, -0.15) is 0 Å². The highest BCUT2D eigenvalue weighted by molar-refractivity contribution is 4.90. The van der Waals surface area contributed by atoms with Gasteiger partial charge in [0, 0.05) is 38.3 Å². The molecule has 1 rings (SSSR count). The van der Waals surface area contributed by atoms with E-state index in [4.69, 9.17) is 0 Å². The highest BCUT2D eigenvalue weighted by Crippen LogP contribution is 2.22. The van der Waals surface area contributed by atoms with E-state index in [-0.39, 0.29) is 6.10 Å². The van der Waals surface area contributed by atoms with E-state index in [0.29, 0.717) is 12.1 Å². The second-order valence-electron chi connectivity index (χ2n) is 6.88. The van der Waals surface area contributed by atoms with Gasteiger partial charge in [0.15, 0.2) is 0 Å². The lowest BCUT2D eigenvalue weighted by molar-refractivity contribution is -0.0405. The van der Waals surface area contributed by atoms with E-state index in [1.165, 1.54) is 0 Å². The van der Waals surface area contributed by atoms with E-state index < -0.39 is 5.60 Å². The van der Waals surface area contributed by atoms with Crippen molar-refractivity contribution in [3.8, 4) is 0 Å². The number of aliphatic hydroxyl groups is 2. The van der Waals surface area contributed by atoms with Crippen molar-refractivity contribution in [2.24, 2.45) is 0 Å². The molecule has 2 N–H and O–H groups in total. The van der Waals surface area contributed by atoms with Gasteiger partial charge in [-0.25, -0.2) is 0 Å². The fourth-order valence-corrected chi connectivity index (χ4v) is 3.16. The molecule has 3 atom stereocenters. The number of hydrogen-bond acceptors (Lipinski definition) is 4. The van der Waals surface area contributed by atoms with Gasteiger partial charge in [-0.1, -0.05) is 20.8 Å². The highest BCUT2D eigenvalue weighted by atomic mass is 16.3. The van der Waals surface area contributed by atoms with Gasteiger partial charge >= 0.3 is 0 Å². The Bertz CT molecular complexity index is 278. The topological polar surface area (TPSA) is 46.9 Å². The van der Waals surface area contributed by atoms with Gasteiger partial charge < -0.3 is 10.2 Å². The summed E-state index contributed by atoms with van der Waals surface area (Å²) in [6.07, 6.45) is 2.78. The molecule has 0 aliphatic carbocycles. The van der Waals surface area contributed by atoms with Gasteiger partial charge in [0.25, 0.3) is 0 Å². The molecular formula is C16H34N2O2. The first-order valence-electron chi connectivity index (χ1n) is 8.19. The summed E-state index contributed by atoms with van der Waals surface area (Å²) in [7, 11) is 0. The third kappa shape index (κ3) is 5.32. The zero-order chi connectivity index (χ0) is 15.3. The van der Waals surface area contributed by atoms with Crippen molar-refractivity contribution in [2.45, 2.75) is 77.7 Å². The normalized spacial score (nSPS) is 27.8. The van der Waals surface area contributed by atoms with E-state index >= 15 is 0 Å². The molecule has 20 heavy (non-hydrogen) atoms. The Labute approximate surface area is 124 Å². The maximum Gasteiger partial charge on any atom is 0.0718 e. The van der Waals surface area contributed by atoms with E-state index in [1.54, 1.807) is 0 Å². The first kappa shape index (κ1) is 17.9. The molecule has 4 nitrogen and oxygen atoms in total. The monoisotopic (exact) mass is 286 g/mol. The number of aliphatic hydroxyl groups excluding tert-OH is 1. The van der Waals surface area contributed by atoms with Crippen molar-refractivity contribution in [3.63, 3.8) is 0 Å². The van der Waals surface area contributed by atoms with Gasteiger partial charge in [-0.05, 0) is 33.1 Å². The molecule has 1 aliphatic rings. The van der Waals surface area contributed by atoms with Crippen LogP contribution in [0.15, 0.2) is 0 Å². The number of nitrogens with zero attached hydrogens (tertiary/aromatic N) is 2. The molecule has 2 unspecified atom stereocenters. The molecule has 0 bridgehead atoms. The number of rotatable bonds is 7. The Kier molecular flexibility index (Phi) is 6.92. The predicted octanol–water partition coefficient (Wildman–Crippen LogP) is 1.70. The molecule has 0 aromatic carbocycles. The molecule has 0 aromatic rings. The zero-order valence-electron chi connectivity index (χ0n) is 14.0. The zero-order valence-corrected chi connectivity index (χ0v) is 14.0. The Balaban J connectivity index is 2.71.